The fourth-order valence-corrected chi connectivity index (χ4v) is 5.24. The second-order valence-corrected chi connectivity index (χ2v) is 8.97. The first-order chi connectivity index (χ1) is 13.6. The van der Waals surface area contributed by atoms with E-state index in [2.05, 4.69) is 16.8 Å². The number of likely N-dealkylation sites (tertiary alicyclic amines) is 1. The van der Waals surface area contributed by atoms with E-state index >= 15 is 0 Å². The van der Waals surface area contributed by atoms with Crippen molar-refractivity contribution in [3.05, 3.63) is 52.2 Å². The fourth-order valence-electron chi connectivity index (χ4n) is 4.49. The first-order valence-electron chi connectivity index (χ1n) is 10.1. The van der Waals surface area contributed by atoms with E-state index < -0.39 is 0 Å². The molecule has 3 unspecified atom stereocenters. The van der Waals surface area contributed by atoms with Crippen LogP contribution in [0.4, 0.5) is 5.69 Å². The molecule has 0 bridgehead atoms. The van der Waals surface area contributed by atoms with Crippen molar-refractivity contribution in [1.29, 1.82) is 0 Å². The summed E-state index contributed by atoms with van der Waals surface area (Å²) in [4.78, 5) is 28.4. The standard InChI is InChI=1S/C22H27N3O2S.ClH/c23-20-10-9-16-13-25(14-19(16)20)22(27)15-4-1-5-17(12-15)24-21(26)8-2-6-18-7-3-11-28-18;/h1,3-5,7,11-12,16,19-20H,2,6,8-10,13-14,23H2,(H,24,26);1H. The van der Waals surface area contributed by atoms with Crippen LogP contribution in [0, 0.1) is 11.8 Å². The highest BCUT2D eigenvalue weighted by Crippen LogP contribution is 2.37. The van der Waals surface area contributed by atoms with E-state index in [4.69, 9.17) is 5.73 Å². The molecule has 0 radical (unpaired) electrons. The number of anilines is 1. The number of amides is 2. The van der Waals surface area contributed by atoms with Crippen LogP contribution in [0.2, 0.25) is 0 Å². The van der Waals surface area contributed by atoms with Crippen molar-refractivity contribution in [1.82, 2.24) is 4.90 Å². The molecule has 3 atom stereocenters. The Morgan fingerprint density at radius 2 is 2.03 bits per heavy atom. The number of hydrogen-bond acceptors (Lipinski definition) is 4. The number of benzene rings is 1. The molecule has 2 aliphatic rings. The molecule has 4 rings (SSSR count). The minimum absolute atomic E-state index is 0. The summed E-state index contributed by atoms with van der Waals surface area (Å²) < 4.78 is 0. The fraction of sp³-hybridized carbons (Fsp3) is 0.455. The maximum absolute atomic E-state index is 12.9. The Morgan fingerprint density at radius 3 is 2.79 bits per heavy atom. The first kappa shape index (κ1) is 21.8. The van der Waals surface area contributed by atoms with Gasteiger partial charge in [-0.1, -0.05) is 12.1 Å². The molecule has 1 saturated heterocycles. The highest BCUT2D eigenvalue weighted by atomic mass is 35.5. The van der Waals surface area contributed by atoms with Gasteiger partial charge in [0.2, 0.25) is 5.91 Å². The predicted octanol–water partition coefficient (Wildman–Crippen LogP) is 3.94. The lowest BCUT2D eigenvalue weighted by Crippen LogP contribution is -2.33. The Labute approximate surface area is 182 Å². The van der Waals surface area contributed by atoms with E-state index in [1.807, 2.05) is 29.2 Å². The zero-order valence-electron chi connectivity index (χ0n) is 16.4. The van der Waals surface area contributed by atoms with Gasteiger partial charge in [0.25, 0.3) is 5.91 Å². The van der Waals surface area contributed by atoms with Gasteiger partial charge in [-0.25, -0.2) is 0 Å². The smallest absolute Gasteiger partial charge is 0.253 e. The van der Waals surface area contributed by atoms with Crippen molar-refractivity contribution < 1.29 is 9.59 Å². The number of aryl methyl sites for hydroxylation is 1. The van der Waals surface area contributed by atoms with Gasteiger partial charge in [0.1, 0.15) is 0 Å². The largest absolute Gasteiger partial charge is 0.338 e. The molecule has 2 aromatic rings. The molecule has 5 nitrogen and oxygen atoms in total. The number of thiophene rings is 1. The number of nitrogens with two attached hydrogens (primary N) is 1. The monoisotopic (exact) mass is 433 g/mol. The third-order valence-electron chi connectivity index (χ3n) is 6.00. The van der Waals surface area contributed by atoms with E-state index in [1.54, 1.807) is 17.4 Å². The molecule has 2 fully saturated rings. The number of nitrogens with zero attached hydrogens (tertiary/aromatic N) is 1. The molecule has 2 amide bonds. The van der Waals surface area contributed by atoms with Crippen molar-refractivity contribution in [2.45, 2.75) is 38.1 Å². The minimum atomic E-state index is -0.0113. The number of carbonyl (C=O) groups excluding carboxylic acids is 2. The average Bonchev–Trinajstić information content (AvgIpc) is 3.41. The summed E-state index contributed by atoms with van der Waals surface area (Å²) >= 11 is 1.72. The first-order valence-corrected chi connectivity index (χ1v) is 11.0. The quantitative estimate of drug-likeness (QED) is 0.724. The maximum Gasteiger partial charge on any atom is 0.253 e. The van der Waals surface area contributed by atoms with Gasteiger partial charge in [0, 0.05) is 41.7 Å². The number of carbonyl (C=O) groups is 2. The van der Waals surface area contributed by atoms with E-state index in [-0.39, 0.29) is 30.3 Å². The summed E-state index contributed by atoms with van der Waals surface area (Å²) in [5.74, 6) is 1.01. The number of hydrogen-bond donors (Lipinski definition) is 2. The highest BCUT2D eigenvalue weighted by molar-refractivity contribution is 7.09. The van der Waals surface area contributed by atoms with Crippen molar-refractivity contribution >= 4 is 41.2 Å². The number of rotatable bonds is 6. The Bertz CT molecular complexity index is 842. The van der Waals surface area contributed by atoms with Crippen LogP contribution >= 0.6 is 23.7 Å². The van der Waals surface area contributed by atoms with Crippen LogP contribution in [0.15, 0.2) is 41.8 Å². The van der Waals surface area contributed by atoms with E-state index in [0.29, 0.717) is 29.5 Å². The highest BCUT2D eigenvalue weighted by Gasteiger charge is 2.42. The Hall–Kier alpha value is -1.89. The molecule has 1 aliphatic heterocycles. The molecule has 156 valence electrons. The summed E-state index contributed by atoms with van der Waals surface area (Å²) in [6, 6.07) is 11.6. The number of fused-ring (bicyclic) bond motifs is 1. The van der Waals surface area contributed by atoms with Gasteiger partial charge in [-0.3, -0.25) is 9.59 Å². The van der Waals surface area contributed by atoms with Crippen LogP contribution in [0.1, 0.15) is 40.9 Å². The van der Waals surface area contributed by atoms with Crippen LogP contribution in [-0.2, 0) is 11.2 Å². The zero-order chi connectivity index (χ0) is 19.5. The van der Waals surface area contributed by atoms with Crippen LogP contribution < -0.4 is 11.1 Å². The topological polar surface area (TPSA) is 75.4 Å². The normalized spacial score (nSPS) is 22.8. The minimum Gasteiger partial charge on any atom is -0.338 e. The van der Waals surface area contributed by atoms with Crippen LogP contribution in [-0.4, -0.2) is 35.8 Å². The van der Waals surface area contributed by atoms with Gasteiger partial charge in [0.15, 0.2) is 0 Å². The summed E-state index contributed by atoms with van der Waals surface area (Å²) in [6.07, 6.45) is 4.41. The zero-order valence-corrected chi connectivity index (χ0v) is 18.0. The molecule has 3 N–H and O–H groups in total. The molecular formula is C22H28ClN3O2S. The summed E-state index contributed by atoms with van der Waals surface area (Å²) in [7, 11) is 0. The van der Waals surface area contributed by atoms with Gasteiger partial charge in [-0.15, -0.1) is 23.7 Å². The maximum atomic E-state index is 12.9. The molecule has 1 aromatic carbocycles. The lowest BCUT2D eigenvalue weighted by Gasteiger charge is -2.19. The second kappa shape index (κ2) is 9.74. The average molecular weight is 434 g/mol. The molecule has 29 heavy (non-hydrogen) atoms. The van der Waals surface area contributed by atoms with Crippen LogP contribution in [0.25, 0.3) is 0 Å². The van der Waals surface area contributed by atoms with Gasteiger partial charge in [0.05, 0.1) is 0 Å². The Morgan fingerprint density at radius 1 is 1.17 bits per heavy atom. The van der Waals surface area contributed by atoms with E-state index in [1.165, 1.54) is 4.88 Å². The van der Waals surface area contributed by atoms with Gasteiger partial charge in [-0.05, 0) is 67.2 Å². The molecule has 2 heterocycles. The van der Waals surface area contributed by atoms with Crippen molar-refractivity contribution in [2.75, 3.05) is 18.4 Å². The second-order valence-electron chi connectivity index (χ2n) is 7.94. The molecule has 1 aromatic heterocycles. The molecule has 1 aliphatic carbocycles. The number of nitrogens with one attached hydrogen (secondary N) is 1. The lowest BCUT2D eigenvalue weighted by atomic mass is 9.98. The van der Waals surface area contributed by atoms with Crippen LogP contribution in [0.3, 0.4) is 0 Å². The Kier molecular flexibility index (Phi) is 7.33. The van der Waals surface area contributed by atoms with Gasteiger partial charge in [-0.2, -0.15) is 0 Å². The summed E-state index contributed by atoms with van der Waals surface area (Å²) in [5, 5.41) is 4.98. The summed E-state index contributed by atoms with van der Waals surface area (Å²) in [5.41, 5.74) is 7.50. The third kappa shape index (κ3) is 5.18. The number of halogens is 1. The van der Waals surface area contributed by atoms with E-state index in [9.17, 15) is 9.59 Å². The van der Waals surface area contributed by atoms with Crippen molar-refractivity contribution in [3.8, 4) is 0 Å². The van der Waals surface area contributed by atoms with Gasteiger partial charge >= 0.3 is 0 Å². The van der Waals surface area contributed by atoms with Crippen molar-refractivity contribution in [2.24, 2.45) is 17.6 Å². The predicted molar refractivity (Wildman–Crippen MR) is 120 cm³/mol. The van der Waals surface area contributed by atoms with Gasteiger partial charge < -0.3 is 16.0 Å². The third-order valence-corrected chi connectivity index (χ3v) is 6.94. The van der Waals surface area contributed by atoms with E-state index in [0.717, 1.165) is 38.8 Å². The lowest BCUT2D eigenvalue weighted by molar-refractivity contribution is -0.116. The summed E-state index contributed by atoms with van der Waals surface area (Å²) in [6.45, 7) is 1.56. The SMILES string of the molecule is Cl.NC1CCC2CN(C(=O)c3cccc(NC(=O)CCCc4cccs4)c3)CC12. The van der Waals surface area contributed by atoms with Crippen molar-refractivity contribution in [3.63, 3.8) is 0 Å². The van der Waals surface area contributed by atoms with Crippen LogP contribution in [0.5, 0.6) is 0 Å². The molecule has 0 spiro atoms. The molecular weight excluding hydrogens is 406 g/mol. The molecule has 1 saturated carbocycles. The molecule has 7 heteroatoms. The Balaban J connectivity index is 0.00000240.